The van der Waals surface area contributed by atoms with Gasteiger partial charge in [0, 0.05) is 11.1 Å². The van der Waals surface area contributed by atoms with Gasteiger partial charge in [0.25, 0.3) is 0 Å². The van der Waals surface area contributed by atoms with Crippen LogP contribution in [0.4, 0.5) is 4.39 Å². The number of hydrazone groups is 1. The Bertz CT molecular complexity index is 469. The second-order valence-corrected chi connectivity index (χ2v) is 5.56. The number of nitrogens with one attached hydrogen (secondary N) is 2. The molecule has 3 nitrogen and oxygen atoms in total. The van der Waals surface area contributed by atoms with E-state index in [1.54, 1.807) is 6.07 Å². The first-order valence-corrected chi connectivity index (χ1v) is 6.13. The zero-order valence-electron chi connectivity index (χ0n) is 10.4. The van der Waals surface area contributed by atoms with Gasteiger partial charge in [-0.3, -0.25) is 5.43 Å². The van der Waals surface area contributed by atoms with Crippen LogP contribution in [0.2, 0.25) is 5.02 Å². The lowest BCUT2D eigenvalue weighted by Crippen LogP contribution is -2.44. The van der Waals surface area contributed by atoms with Gasteiger partial charge in [0.1, 0.15) is 5.82 Å². The van der Waals surface area contributed by atoms with Crippen molar-refractivity contribution in [3.63, 3.8) is 0 Å². The van der Waals surface area contributed by atoms with Crippen molar-refractivity contribution in [1.29, 1.82) is 0 Å². The van der Waals surface area contributed by atoms with E-state index in [0.717, 1.165) is 0 Å². The van der Waals surface area contributed by atoms with E-state index in [9.17, 15) is 4.39 Å². The van der Waals surface area contributed by atoms with E-state index in [4.69, 9.17) is 23.8 Å². The first-order valence-electron chi connectivity index (χ1n) is 5.34. The molecule has 0 saturated heterocycles. The highest BCUT2D eigenvalue weighted by molar-refractivity contribution is 7.80. The molecular weight excluding hydrogens is 273 g/mol. The predicted octanol–water partition coefficient (Wildman–Crippen LogP) is 3.08. The zero-order valence-corrected chi connectivity index (χ0v) is 12.0. The molecule has 0 radical (unpaired) electrons. The Morgan fingerprint density at radius 2 is 2.11 bits per heavy atom. The highest BCUT2D eigenvalue weighted by Gasteiger charge is 2.09. The predicted molar refractivity (Wildman–Crippen MR) is 77.6 cm³/mol. The number of halogens is 2. The second-order valence-electron chi connectivity index (χ2n) is 4.74. The topological polar surface area (TPSA) is 36.4 Å². The Labute approximate surface area is 116 Å². The SMILES string of the molecule is CC(C)(C)NC(=S)N/N=C/c1ccc(F)cc1Cl. The molecule has 0 saturated carbocycles. The Morgan fingerprint density at radius 1 is 1.44 bits per heavy atom. The van der Waals surface area contributed by atoms with Gasteiger partial charge in [0.15, 0.2) is 5.11 Å². The van der Waals surface area contributed by atoms with Crippen molar-refractivity contribution in [1.82, 2.24) is 10.7 Å². The molecule has 0 aliphatic heterocycles. The summed E-state index contributed by atoms with van der Waals surface area (Å²) in [6.45, 7) is 5.96. The summed E-state index contributed by atoms with van der Waals surface area (Å²) in [6, 6.07) is 4.09. The minimum Gasteiger partial charge on any atom is -0.357 e. The van der Waals surface area contributed by atoms with Crippen LogP contribution in [-0.4, -0.2) is 16.9 Å². The van der Waals surface area contributed by atoms with Gasteiger partial charge in [-0.1, -0.05) is 11.6 Å². The number of hydrogen-bond donors (Lipinski definition) is 2. The Hall–Kier alpha value is -1.20. The summed E-state index contributed by atoms with van der Waals surface area (Å²) in [5.41, 5.74) is 3.15. The fourth-order valence-electron chi connectivity index (χ4n) is 1.14. The van der Waals surface area contributed by atoms with Gasteiger partial charge in [-0.05, 0) is 51.2 Å². The van der Waals surface area contributed by atoms with E-state index in [1.807, 2.05) is 20.8 Å². The van der Waals surface area contributed by atoms with Crippen LogP contribution in [0, 0.1) is 5.82 Å². The van der Waals surface area contributed by atoms with Crippen molar-refractivity contribution in [3.05, 3.63) is 34.6 Å². The second kappa shape index (κ2) is 6.11. The summed E-state index contributed by atoms with van der Waals surface area (Å²) in [5.74, 6) is -0.380. The smallest absolute Gasteiger partial charge is 0.187 e. The maximum absolute atomic E-state index is 12.8. The zero-order chi connectivity index (χ0) is 13.8. The first-order chi connectivity index (χ1) is 8.28. The van der Waals surface area contributed by atoms with Crippen molar-refractivity contribution in [3.8, 4) is 0 Å². The quantitative estimate of drug-likeness (QED) is 0.499. The van der Waals surface area contributed by atoms with Gasteiger partial charge in [-0.2, -0.15) is 5.10 Å². The number of rotatable bonds is 2. The molecule has 0 aromatic heterocycles. The third-order valence-corrected chi connectivity index (χ3v) is 2.34. The number of benzene rings is 1. The third-order valence-electron chi connectivity index (χ3n) is 1.82. The lowest BCUT2D eigenvalue weighted by molar-refractivity contribution is 0.508. The summed E-state index contributed by atoms with van der Waals surface area (Å²) in [4.78, 5) is 0. The van der Waals surface area contributed by atoms with E-state index in [1.165, 1.54) is 18.3 Å². The van der Waals surface area contributed by atoms with Crippen LogP contribution < -0.4 is 10.7 Å². The largest absolute Gasteiger partial charge is 0.357 e. The summed E-state index contributed by atoms with van der Waals surface area (Å²) >= 11 is 10.9. The van der Waals surface area contributed by atoms with Crippen LogP contribution >= 0.6 is 23.8 Å². The standard InChI is InChI=1S/C12H15ClFN3S/c1-12(2,3)16-11(18)17-15-7-8-4-5-9(14)6-10(8)13/h4-7H,1-3H3,(H2,16,17,18)/b15-7+. The minimum atomic E-state index is -0.380. The summed E-state index contributed by atoms with van der Waals surface area (Å²) in [5, 5.41) is 7.69. The monoisotopic (exact) mass is 287 g/mol. The van der Waals surface area contributed by atoms with Gasteiger partial charge in [-0.25, -0.2) is 4.39 Å². The molecule has 0 unspecified atom stereocenters. The first kappa shape index (κ1) is 14.9. The van der Waals surface area contributed by atoms with Crippen LogP contribution in [0.3, 0.4) is 0 Å². The van der Waals surface area contributed by atoms with E-state index in [2.05, 4.69) is 15.8 Å². The maximum Gasteiger partial charge on any atom is 0.187 e. The van der Waals surface area contributed by atoms with Crippen LogP contribution in [-0.2, 0) is 0 Å². The molecule has 0 aliphatic carbocycles. The summed E-state index contributed by atoms with van der Waals surface area (Å²) in [7, 11) is 0. The number of thiocarbonyl (C=S) groups is 1. The van der Waals surface area contributed by atoms with Crippen molar-refractivity contribution < 1.29 is 4.39 Å². The molecule has 0 spiro atoms. The third kappa shape index (κ3) is 5.42. The molecule has 0 fully saturated rings. The minimum absolute atomic E-state index is 0.132. The van der Waals surface area contributed by atoms with Crippen LogP contribution in [0.1, 0.15) is 26.3 Å². The van der Waals surface area contributed by atoms with E-state index >= 15 is 0 Å². The maximum atomic E-state index is 12.8. The molecule has 18 heavy (non-hydrogen) atoms. The molecule has 1 aromatic carbocycles. The molecule has 0 aliphatic rings. The molecule has 2 N–H and O–H groups in total. The van der Waals surface area contributed by atoms with Gasteiger partial charge < -0.3 is 5.32 Å². The molecule has 1 rings (SSSR count). The van der Waals surface area contributed by atoms with Crippen molar-refractivity contribution in [2.45, 2.75) is 26.3 Å². The molecule has 98 valence electrons. The molecule has 0 bridgehead atoms. The van der Waals surface area contributed by atoms with Gasteiger partial charge in [0.2, 0.25) is 0 Å². The van der Waals surface area contributed by atoms with Gasteiger partial charge in [0.05, 0.1) is 11.2 Å². The summed E-state index contributed by atoms with van der Waals surface area (Å²) < 4.78 is 12.8. The molecule has 0 amide bonds. The molecule has 0 atom stereocenters. The Balaban J connectivity index is 2.58. The van der Waals surface area contributed by atoms with Crippen molar-refractivity contribution >= 4 is 35.1 Å². The number of hydrogen-bond acceptors (Lipinski definition) is 2. The Kier molecular flexibility index (Phi) is 5.04. The summed E-state index contributed by atoms with van der Waals surface area (Å²) in [6.07, 6.45) is 1.48. The molecule has 1 aromatic rings. The number of nitrogens with zero attached hydrogens (tertiary/aromatic N) is 1. The van der Waals surface area contributed by atoms with Crippen LogP contribution in [0.15, 0.2) is 23.3 Å². The van der Waals surface area contributed by atoms with Crippen LogP contribution in [0.25, 0.3) is 0 Å². The lowest BCUT2D eigenvalue weighted by Gasteiger charge is -2.21. The Morgan fingerprint density at radius 3 is 2.67 bits per heavy atom. The van der Waals surface area contributed by atoms with Crippen LogP contribution in [0.5, 0.6) is 0 Å². The highest BCUT2D eigenvalue weighted by Crippen LogP contribution is 2.14. The fraction of sp³-hybridized carbons (Fsp3) is 0.333. The molecule has 6 heteroatoms. The average molecular weight is 288 g/mol. The fourth-order valence-corrected chi connectivity index (χ4v) is 1.71. The van der Waals surface area contributed by atoms with Crippen molar-refractivity contribution in [2.24, 2.45) is 5.10 Å². The normalized spacial score (nSPS) is 11.6. The van der Waals surface area contributed by atoms with E-state index < -0.39 is 0 Å². The van der Waals surface area contributed by atoms with E-state index in [0.29, 0.717) is 15.7 Å². The average Bonchev–Trinajstić information content (AvgIpc) is 2.18. The van der Waals surface area contributed by atoms with Gasteiger partial charge in [-0.15, -0.1) is 0 Å². The van der Waals surface area contributed by atoms with E-state index in [-0.39, 0.29) is 11.4 Å². The highest BCUT2D eigenvalue weighted by atomic mass is 35.5. The lowest BCUT2D eigenvalue weighted by atomic mass is 10.1. The molecule has 0 heterocycles. The molecular formula is C12H15ClFN3S. The van der Waals surface area contributed by atoms with Gasteiger partial charge >= 0.3 is 0 Å². The van der Waals surface area contributed by atoms with Crippen molar-refractivity contribution in [2.75, 3.05) is 0 Å².